The van der Waals surface area contributed by atoms with Gasteiger partial charge >= 0.3 is 6.03 Å². The first kappa shape index (κ1) is 25.3. The molecule has 0 saturated heterocycles. The number of nitrogens with one attached hydrogen (secondary N) is 2. The van der Waals surface area contributed by atoms with Crippen molar-refractivity contribution in [2.24, 2.45) is 10.9 Å². The maximum Gasteiger partial charge on any atom is 0.321 e. The second-order valence-electron chi connectivity index (χ2n) is 9.32. The van der Waals surface area contributed by atoms with Crippen LogP contribution < -0.4 is 15.5 Å². The third-order valence-corrected chi connectivity index (χ3v) is 6.89. The number of hydrogen-bond donors (Lipinski definition) is 2. The van der Waals surface area contributed by atoms with Crippen molar-refractivity contribution >= 4 is 46.1 Å². The van der Waals surface area contributed by atoms with Gasteiger partial charge in [-0.05, 0) is 67.0 Å². The zero-order chi connectivity index (χ0) is 25.8. The Morgan fingerprint density at radius 3 is 2.61 bits per heavy atom. The van der Waals surface area contributed by atoms with E-state index in [-0.39, 0.29) is 18.2 Å². The second kappa shape index (κ2) is 10.9. The summed E-state index contributed by atoms with van der Waals surface area (Å²) in [5, 5.41) is 7.42. The molecule has 0 saturated carbocycles. The van der Waals surface area contributed by atoms with E-state index >= 15 is 0 Å². The highest BCUT2D eigenvalue weighted by Crippen LogP contribution is 2.31. The maximum atomic E-state index is 13.9. The number of aryl methyl sites for hydroxylation is 1. The molecule has 1 atom stereocenters. The van der Waals surface area contributed by atoms with Gasteiger partial charge in [0, 0.05) is 17.0 Å². The molecule has 7 nitrogen and oxygen atoms in total. The van der Waals surface area contributed by atoms with Gasteiger partial charge in [-0.1, -0.05) is 44.2 Å². The zero-order valence-electron chi connectivity index (χ0n) is 20.9. The molecule has 2 N–H and O–H groups in total. The monoisotopic (exact) mass is 502 g/mol. The van der Waals surface area contributed by atoms with E-state index in [0.29, 0.717) is 28.6 Å². The Morgan fingerprint density at radius 1 is 1.11 bits per heavy atom. The van der Waals surface area contributed by atoms with Gasteiger partial charge in [-0.25, -0.2) is 4.79 Å². The fourth-order valence-corrected chi connectivity index (χ4v) is 5.08. The van der Waals surface area contributed by atoms with Crippen molar-refractivity contribution in [1.29, 1.82) is 0 Å². The quantitative estimate of drug-likeness (QED) is 0.401. The van der Waals surface area contributed by atoms with Crippen LogP contribution in [0.2, 0.25) is 0 Å². The fourth-order valence-electron chi connectivity index (χ4n) is 4.26. The lowest BCUT2D eigenvalue weighted by atomic mass is 9.98. The molecule has 36 heavy (non-hydrogen) atoms. The minimum Gasteiger partial charge on any atom is -0.308 e. The Balaban J connectivity index is 1.71. The van der Waals surface area contributed by atoms with Crippen LogP contribution in [-0.4, -0.2) is 29.6 Å². The number of aliphatic imine (C=N–C) groups is 1. The van der Waals surface area contributed by atoms with Gasteiger partial charge in [0.1, 0.15) is 0 Å². The summed E-state index contributed by atoms with van der Waals surface area (Å²) in [6.45, 7) is 7.85. The highest BCUT2D eigenvalue weighted by atomic mass is 32.1. The van der Waals surface area contributed by atoms with E-state index in [9.17, 15) is 14.4 Å². The molecule has 186 valence electrons. The predicted molar refractivity (Wildman–Crippen MR) is 145 cm³/mol. The van der Waals surface area contributed by atoms with E-state index in [1.165, 1.54) is 18.3 Å². The lowest BCUT2D eigenvalue weighted by Gasteiger charge is -2.25. The van der Waals surface area contributed by atoms with Crippen molar-refractivity contribution < 1.29 is 14.4 Å². The first-order chi connectivity index (χ1) is 17.2. The van der Waals surface area contributed by atoms with Gasteiger partial charge in [-0.3, -0.25) is 14.6 Å². The number of rotatable bonds is 7. The van der Waals surface area contributed by atoms with Crippen LogP contribution in [-0.2, 0) is 11.3 Å². The van der Waals surface area contributed by atoms with Crippen LogP contribution in [0.3, 0.4) is 0 Å². The van der Waals surface area contributed by atoms with Gasteiger partial charge in [0.15, 0.2) is 5.78 Å². The number of benzene rings is 2. The van der Waals surface area contributed by atoms with E-state index < -0.39 is 12.2 Å². The molecule has 1 aromatic heterocycles. The smallest absolute Gasteiger partial charge is 0.308 e. The van der Waals surface area contributed by atoms with Crippen molar-refractivity contribution in [2.45, 2.75) is 46.8 Å². The number of benzodiazepines with no additional fused rings is 1. The van der Waals surface area contributed by atoms with E-state index in [1.807, 2.05) is 60.8 Å². The number of Topliss-reactive ketones (excluding diaryl/α,β-unsaturated/α-hetero) is 1. The lowest BCUT2D eigenvalue weighted by Crippen LogP contribution is -2.48. The molecule has 2 heterocycles. The number of para-hydroxylation sites is 1. The van der Waals surface area contributed by atoms with Crippen molar-refractivity contribution in [3.8, 4) is 0 Å². The van der Waals surface area contributed by atoms with Crippen LogP contribution >= 0.6 is 11.3 Å². The number of amides is 3. The summed E-state index contributed by atoms with van der Waals surface area (Å²) in [6.07, 6.45) is -0.470. The third-order valence-electron chi connectivity index (χ3n) is 5.83. The van der Waals surface area contributed by atoms with Crippen molar-refractivity contribution in [1.82, 2.24) is 5.32 Å². The second-order valence-corrected chi connectivity index (χ2v) is 10.2. The van der Waals surface area contributed by atoms with E-state index in [4.69, 9.17) is 4.99 Å². The standard InChI is InChI=1S/C28H30N4O3S/c1-17(2)14-23-22-10-5-6-11-24(22)32(16-20-12-13-36-25(20)19(4)33)27(34)26(30-23)31-28(35)29-21-9-7-8-18(3)15-21/h5-13,15,17,26H,14,16H2,1-4H3,(H2,29,31,35)/t26-/m0/s1. The minimum absolute atomic E-state index is 0.0421. The summed E-state index contributed by atoms with van der Waals surface area (Å²) >= 11 is 1.36. The van der Waals surface area contributed by atoms with Crippen LogP contribution in [0.5, 0.6) is 0 Å². The molecule has 0 unspecified atom stereocenters. The van der Waals surface area contributed by atoms with Crippen molar-refractivity contribution in [3.63, 3.8) is 0 Å². The molecule has 2 aromatic carbocycles. The Hall–Kier alpha value is -3.78. The molecule has 0 spiro atoms. The Bertz CT molecular complexity index is 1330. The number of nitrogens with zero attached hydrogens (tertiary/aromatic N) is 2. The highest BCUT2D eigenvalue weighted by molar-refractivity contribution is 7.12. The topological polar surface area (TPSA) is 90.9 Å². The average Bonchev–Trinajstić information content (AvgIpc) is 3.26. The van der Waals surface area contributed by atoms with Gasteiger partial charge < -0.3 is 15.5 Å². The normalized spacial score (nSPS) is 15.2. The molecule has 0 bridgehead atoms. The summed E-state index contributed by atoms with van der Waals surface area (Å²) < 4.78 is 0. The molecule has 0 aliphatic carbocycles. The molecule has 0 fully saturated rings. The number of carbonyl (C=O) groups is 3. The Kier molecular flexibility index (Phi) is 7.64. The van der Waals surface area contributed by atoms with Crippen LogP contribution in [0.25, 0.3) is 0 Å². The first-order valence-electron chi connectivity index (χ1n) is 11.9. The van der Waals surface area contributed by atoms with E-state index in [1.54, 1.807) is 11.0 Å². The van der Waals surface area contributed by atoms with Crippen LogP contribution in [0.15, 0.2) is 65.0 Å². The molecule has 3 amide bonds. The van der Waals surface area contributed by atoms with Gasteiger partial charge in [-0.2, -0.15) is 0 Å². The molecular weight excluding hydrogens is 472 g/mol. The maximum absolute atomic E-state index is 13.9. The van der Waals surface area contributed by atoms with Gasteiger partial charge in [0.2, 0.25) is 6.17 Å². The fraction of sp³-hybridized carbons (Fsp3) is 0.286. The number of anilines is 2. The van der Waals surface area contributed by atoms with Crippen molar-refractivity contribution in [3.05, 3.63) is 81.5 Å². The summed E-state index contributed by atoms with van der Waals surface area (Å²) in [5.41, 5.74) is 4.73. The van der Waals surface area contributed by atoms with E-state index in [0.717, 1.165) is 22.4 Å². The number of urea groups is 1. The van der Waals surface area contributed by atoms with Gasteiger partial charge in [0.05, 0.1) is 17.1 Å². The van der Waals surface area contributed by atoms with Gasteiger partial charge in [-0.15, -0.1) is 11.3 Å². The predicted octanol–water partition coefficient (Wildman–Crippen LogP) is 5.79. The summed E-state index contributed by atoms with van der Waals surface area (Å²) in [5.74, 6) is -0.109. The molecule has 1 aliphatic heterocycles. The number of fused-ring (bicyclic) bond motifs is 1. The van der Waals surface area contributed by atoms with Crippen LogP contribution in [0.4, 0.5) is 16.2 Å². The van der Waals surface area contributed by atoms with Crippen molar-refractivity contribution in [2.75, 3.05) is 10.2 Å². The molecule has 3 aromatic rings. The van der Waals surface area contributed by atoms with Crippen LogP contribution in [0.1, 0.15) is 53.6 Å². The average molecular weight is 503 g/mol. The molecule has 0 radical (unpaired) electrons. The lowest BCUT2D eigenvalue weighted by molar-refractivity contribution is -0.120. The number of carbonyl (C=O) groups excluding carboxylic acids is 3. The Morgan fingerprint density at radius 2 is 1.89 bits per heavy atom. The summed E-state index contributed by atoms with van der Waals surface area (Å²) in [4.78, 5) is 46.0. The van der Waals surface area contributed by atoms with Crippen LogP contribution in [0, 0.1) is 12.8 Å². The minimum atomic E-state index is -1.12. The molecule has 8 heteroatoms. The summed E-state index contributed by atoms with van der Waals surface area (Å²) in [7, 11) is 0. The molecule has 4 rings (SSSR count). The highest BCUT2D eigenvalue weighted by Gasteiger charge is 2.33. The molecule has 1 aliphatic rings. The Labute approximate surface area is 215 Å². The zero-order valence-corrected chi connectivity index (χ0v) is 21.7. The van der Waals surface area contributed by atoms with Gasteiger partial charge in [0.25, 0.3) is 5.91 Å². The number of thiophene rings is 1. The molecular formula is C28H30N4O3S. The first-order valence-corrected chi connectivity index (χ1v) is 12.8. The van der Waals surface area contributed by atoms with E-state index in [2.05, 4.69) is 24.5 Å². The summed E-state index contributed by atoms with van der Waals surface area (Å²) in [6, 6.07) is 16.4. The number of ketones is 1. The number of hydrogen-bond acceptors (Lipinski definition) is 5. The SMILES string of the molecule is CC(=O)c1sccc1CN1C(=O)[C@H](NC(=O)Nc2cccc(C)c2)N=C(CC(C)C)c2ccccc21. The largest absolute Gasteiger partial charge is 0.321 e. The third kappa shape index (κ3) is 5.71.